The monoisotopic (exact) mass is 222 g/mol. The van der Waals surface area contributed by atoms with E-state index < -0.39 is 0 Å². The van der Waals surface area contributed by atoms with Gasteiger partial charge in [-0.2, -0.15) is 0 Å². The average Bonchev–Trinajstić information content (AvgIpc) is 2.26. The lowest BCUT2D eigenvalue weighted by Crippen LogP contribution is -2.20. The Morgan fingerprint density at radius 1 is 1.50 bits per heavy atom. The van der Waals surface area contributed by atoms with Crippen LogP contribution in [0.5, 0.6) is 0 Å². The highest BCUT2D eigenvalue weighted by molar-refractivity contribution is 5.35. The molecule has 0 saturated heterocycles. The molecule has 90 valence electrons. The van der Waals surface area contributed by atoms with Gasteiger partial charge in [0.1, 0.15) is 5.82 Å². The molecule has 0 aromatic carbocycles. The molecule has 1 aromatic rings. The highest BCUT2D eigenvalue weighted by Gasteiger charge is 2.02. The first-order valence-electron chi connectivity index (χ1n) is 5.72. The van der Waals surface area contributed by atoms with E-state index in [-0.39, 0.29) is 0 Å². The van der Waals surface area contributed by atoms with Gasteiger partial charge in [-0.3, -0.25) is 0 Å². The molecule has 4 nitrogen and oxygen atoms in total. The van der Waals surface area contributed by atoms with Gasteiger partial charge in [-0.25, -0.2) is 10.8 Å². The van der Waals surface area contributed by atoms with Crippen molar-refractivity contribution < 1.29 is 0 Å². The lowest BCUT2D eigenvalue weighted by Gasteiger charge is -2.18. The summed E-state index contributed by atoms with van der Waals surface area (Å²) in [5, 5.41) is 0. The minimum absolute atomic E-state index is 0.717. The molecule has 16 heavy (non-hydrogen) atoms. The van der Waals surface area contributed by atoms with Crippen LogP contribution in [0.1, 0.15) is 25.8 Å². The van der Waals surface area contributed by atoms with Gasteiger partial charge in [0, 0.05) is 12.7 Å². The van der Waals surface area contributed by atoms with Crippen LogP contribution in [-0.2, 0) is 6.54 Å². The third-order valence-electron chi connectivity index (χ3n) is 2.51. The van der Waals surface area contributed by atoms with Crippen LogP contribution in [0.15, 0.2) is 18.3 Å². The Hall–Kier alpha value is -1.13. The van der Waals surface area contributed by atoms with Crippen LogP contribution in [0.2, 0.25) is 0 Å². The second kappa shape index (κ2) is 6.45. The number of hydrogen-bond acceptors (Lipinski definition) is 4. The average molecular weight is 222 g/mol. The third-order valence-corrected chi connectivity index (χ3v) is 2.51. The van der Waals surface area contributed by atoms with Gasteiger partial charge in [0.2, 0.25) is 0 Å². The van der Waals surface area contributed by atoms with E-state index >= 15 is 0 Å². The number of hydrazine groups is 1. The van der Waals surface area contributed by atoms with Crippen molar-refractivity contribution in [3.8, 4) is 0 Å². The summed E-state index contributed by atoms with van der Waals surface area (Å²) in [4.78, 5) is 6.40. The fraction of sp³-hybridized carbons (Fsp3) is 0.583. The van der Waals surface area contributed by atoms with Crippen molar-refractivity contribution in [3.05, 3.63) is 23.9 Å². The molecule has 0 unspecified atom stereocenters. The van der Waals surface area contributed by atoms with E-state index in [0.717, 1.165) is 24.8 Å². The Morgan fingerprint density at radius 2 is 2.25 bits per heavy atom. The smallest absolute Gasteiger partial charge is 0.140 e. The third kappa shape index (κ3) is 4.59. The van der Waals surface area contributed by atoms with Gasteiger partial charge in [0.15, 0.2) is 0 Å². The van der Waals surface area contributed by atoms with Gasteiger partial charge in [0.25, 0.3) is 0 Å². The normalized spacial score (nSPS) is 11.1. The molecule has 0 atom stereocenters. The van der Waals surface area contributed by atoms with Crippen LogP contribution in [0.25, 0.3) is 0 Å². The van der Waals surface area contributed by atoms with Gasteiger partial charge in [0.05, 0.1) is 0 Å². The van der Waals surface area contributed by atoms with Crippen LogP contribution < -0.4 is 11.3 Å². The molecule has 0 saturated carbocycles. The van der Waals surface area contributed by atoms with Crippen LogP contribution in [-0.4, -0.2) is 23.5 Å². The Balaban J connectivity index is 2.45. The van der Waals surface area contributed by atoms with Gasteiger partial charge in [-0.15, -0.1) is 0 Å². The van der Waals surface area contributed by atoms with E-state index in [1.54, 1.807) is 6.20 Å². The topological polar surface area (TPSA) is 54.2 Å². The van der Waals surface area contributed by atoms with Crippen LogP contribution in [0, 0.1) is 5.92 Å². The molecule has 1 rings (SSSR count). The van der Waals surface area contributed by atoms with Gasteiger partial charge in [-0.05, 0) is 43.6 Å². The summed E-state index contributed by atoms with van der Waals surface area (Å²) < 4.78 is 0. The van der Waals surface area contributed by atoms with Gasteiger partial charge < -0.3 is 10.3 Å². The van der Waals surface area contributed by atoms with Crippen molar-refractivity contribution in [2.45, 2.75) is 26.8 Å². The Kier molecular flexibility index (Phi) is 5.22. The Labute approximate surface area is 97.8 Å². The molecule has 0 aliphatic heterocycles. The number of hydrogen-bond donors (Lipinski definition) is 2. The lowest BCUT2D eigenvalue weighted by atomic mass is 10.1. The van der Waals surface area contributed by atoms with Gasteiger partial charge >= 0.3 is 0 Å². The Bertz CT molecular complexity index is 312. The quantitative estimate of drug-likeness (QED) is 0.569. The van der Waals surface area contributed by atoms with Crippen molar-refractivity contribution in [1.82, 2.24) is 9.88 Å². The maximum absolute atomic E-state index is 5.32. The molecular formula is C12H22N4. The molecule has 3 N–H and O–H groups in total. The first-order chi connectivity index (χ1) is 7.61. The largest absolute Gasteiger partial charge is 0.308 e. The number of anilines is 1. The molecule has 0 radical (unpaired) electrons. The van der Waals surface area contributed by atoms with E-state index in [4.69, 9.17) is 5.84 Å². The van der Waals surface area contributed by atoms with Crippen molar-refractivity contribution in [1.29, 1.82) is 0 Å². The number of nitrogens with one attached hydrogen (secondary N) is 1. The van der Waals surface area contributed by atoms with E-state index in [1.807, 2.05) is 12.1 Å². The van der Waals surface area contributed by atoms with Crippen molar-refractivity contribution in [2.24, 2.45) is 11.8 Å². The molecule has 0 bridgehead atoms. The summed E-state index contributed by atoms with van der Waals surface area (Å²) in [6.07, 6.45) is 3.00. The molecule has 0 aliphatic carbocycles. The zero-order chi connectivity index (χ0) is 12.0. The molecule has 1 heterocycles. The molecule has 1 aromatic heterocycles. The highest BCUT2D eigenvalue weighted by Crippen LogP contribution is 2.09. The zero-order valence-electron chi connectivity index (χ0n) is 10.4. The molecule has 0 fully saturated rings. The summed E-state index contributed by atoms with van der Waals surface area (Å²) in [6, 6.07) is 4.00. The first kappa shape index (κ1) is 12.9. The molecular weight excluding hydrogens is 200 g/mol. The predicted molar refractivity (Wildman–Crippen MR) is 67.8 cm³/mol. The Morgan fingerprint density at radius 3 is 2.88 bits per heavy atom. The summed E-state index contributed by atoms with van der Waals surface area (Å²) >= 11 is 0. The van der Waals surface area contributed by atoms with Crippen molar-refractivity contribution >= 4 is 5.82 Å². The predicted octanol–water partition coefficient (Wildman–Crippen LogP) is 1.85. The van der Waals surface area contributed by atoms with Crippen LogP contribution in [0.3, 0.4) is 0 Å². The summed E-state index contributed by atoms with van der Waals surface area (Å²) in [5.41, 5.74) is 3.79. The number of pyridine rings is 1. The number of aromatic nitrogens is 1. The van der Waals surface area contributed by atoms with E-state index in [0.29, 0.717) is 0 Å². The second-order valence-corrected chi connectivity index (χ2v) is 4.61. The molecule has 0 aliphatic rings. The minimum Gasteiger partial charge on any atom is -0.308 e. The SMILES string of the molecule is CC(C)CCN(C)Cc1ccnc(NN)c1. The number of nitrogen functional groups attached to an aromatic ring is 1. The molecule has 4 heteroatoms. The minimum atomic E-state index is 0.717. The summed E-state index contributed by atoms with van der Waals surface area (Å²) in [5.74, 6) is 6.79. The van der Waals surface area contributed by atoms with E-state index in [2.05, 4.69) is 36.2 Å². The second-order valence-electron chi connectivity index (χ2n) is 4.61. The molecule has 0 amide bonds. The maximum atomic E-state index is 5.32. The van der Waals surface area contributed by atoms with E-state index in [9.17, 15) is 0 Å². The number of nitrogens with two attached hydrogens (primary N) is 1. The van der Waals surface area contributed by atoms with Crippen molar-refractivity contribution in [2.75, 3.05) is 19.0 Å². The summed E-state index contributed by atoms with van der Waals surface area (Å²) in [7, 11) is 2.14. The fourth-order valence-corrected chi connectivity index (χ4v) is 1.52. The first-order valence-corrected chi connectivity index (χ1v) is 5.72. The summed E-state index contributed by atoms with van der Waals surface area (Å²) in [6.45, 7) is 6.54. The zero-order valence-corrected chi connectivity index (χ0v) is 10.4. The fourth-order valence-electron chi connectivity index (χ4n) is 1.52. The maximum Gasteiger partial charge on any atom is 0.140 e. The van der Waals surface area contributed by atoms with Gasteiger partial charge in [-0.1, -0.05) is 13.8 Å². The highest BCUT2D eigenvalue weighted by atomic mass is 15.2. The van der Waals surface area contributed by atoms with Crippen LogP contribution in [0.4, 0.5) is 5.82 Å². The van der Waals surface area contributed by atoms with Crippen molar-refractivity contribution in [3.63, 3.8) is 0 Å². The standard InChI is InChI=1S/C12H22N4/c1-10(2)5-7-16(3)9-11-4-6-14-12(8-11)15-13/h4,6,8,10H,5,7,9,13H2,1-3H3,(H,14,15). The number of nitrogens with zero attached hydrogens (tertiary/aromatic N) is 2. The molecule has 0 spiro atoms. The number of rotatable bonds is 6. The van der Waals surface area contributed by atoms with E-state index in [1.165, 1.54) is 12.0 Å². The van der Waals surface area contributed by atoms with Crippen LogP contribution >= 0.6 is 0 Å². The lowest BCUT2D eigenvalue weighted by molar-refractivity contribution is 0.303.